The number of amides is 1. The molecule has 28 heavy (non-hydrogen) atoms. The van der Waals surface area contributed by atoms with E-state index in [1.807, 2.05) is 18.2 Å². The van der Waals surface area contributed by atoms with E-state index in [2.05, 4.69) is 15.1 Å². The molecule has 2 fully saturated rings. The number of β-amino-alcohol motifs (C(OH)–C–C–N with tert-alkyl or cyclic N) is 1. The average molecular weight is 388 g/mol. The number of nitrogens with zero attached hydrogens (tertiary/aromatic N) is 2. The second-order valence-corrected chi connectivity index (χ2v) is 8.42. The molecule has 4 rings (SSSR count). The van der Waals surface area contributed by atoms with Crippen molar-refractivity contribution in [3.05, 3.63) is 23.8 Å². The molecule has 0 bridgehead atoms. The molecule has 0 aromatic heterocycles. The minimum atomic E-state index is -0.504. The Morgan fingerprint density at radius 2 is 1.89 bits per heavy atom. The van der Waals surface area contributed by atoms with Gasteiger partial charge < -0.3 is 15.2 Å². The van der Waals surface area contributed by atoms with Gasteiger partial charge in [0.2, 0.25) is 5.91 Å². The number of piperazine rings is 1. The zero-order chi connectivity index (χ0) is 19.3. The first-order valence-electron chi connectivity index (χ1n) is 10.9. The fourth-order valence-electron chi connectivity index (χ4n) is 4.82. The van der Waals surface area contributed by atoms with Gasteiger partial charge in [-0.25, -0.2) is 0 Å². The van der Waals surface area contributed by atoms with E-state index in [1.165, 1.54) is 32.1 Å². The van der Waals surface area contributed by atoms with Crippen LogP contribution in [0.25, 0.3) is 0 Å². The molecule has 6 heteroatoms. The quantitative estimate of drug-likeness (QED) is 0.784. The van der Waals surface area contributed by atoms with Gasteiger partial charge in [-0.3, -0.25) is 14.6 Å². The van der Waals surface area contributed by atoms with Crippen molar-refractivity contribution in [2.45, 2.75) is 57.1 Å². The number of nitrogens with one attached hydrogen (secondary N) is 1. The lowest BCUT2D eigenvalue weighted by atomic mass is 9.94. The minimum absolute atomic E-state index is 0.0528. The number of ether oxygens (including phenoxy) is 1. The predicted molar refractivity (Wildman–Crippen MR) is 110 cm³/mol. The topological polar surface area (TPSA) is 65.0 Å². The zero-order valence-corrected chi connectivity index (χ0v) is 16.7. The van der Waals surface area contributed by atoms with Gasteiger partial charge in [-0.1, -0.05) is 25.3 Å². The molecule has 154 valence electrons. The molecule has 0 spiro atoms. The Bertz CT molecular complexity index is 667. The molecule has 3 aliphatic rings. The van der Waals surface area contributed by atoms with Crippen LogP contribution in [0.1, 0.15) is 44.1 Å². The molecule has 1 aromatic rings. The van der Waals surface area contributed by atoms with Crippen LogP contribution in [0.15, 0.2) is 18.2 Å². The molecule has 1 saturated heterocycles. The second-order valence-electron chi connectivity index (χ2n) is 8.42. The van der Waals surface area contributed by atoms with Crippen molar-refractivity contribution >= 4 is 11.6 Å². The number of carbonyl (C=O) groups is 1. The predicted octanol–water partition coefficient (Wildman–Crippen LogP) is 2.26. The summed E-state index contributed by atoms with van der Waals surface area (Å²) in [5, 5.41) is 13.4. The summed E-state index contributed by atoms with van der Waals surface area (Å²) in [7, 11) is 0. The van der Waals surface area contributed by atoms with Gasteiger partial charge in [-0.2, -0.15) is 0 Å². The van der Waals surface area contributed by atoms with Crippen molar-refractivity contribution in [1.82, 2.24) is 9.80 Å². The van der Waals surface area contributed by atoms with Crippen LogP contribution in [0.2, 0.25) is 0 Å². The van der Waals surface area contributed by atoms with Crippen LogP contribution < -0.4 is 10.1 Å². The van der Waals surface area contributed by atoms with E-state index in [0.717, 1.165) is 49.2 Å². The van der Waals surface area contributed by atoms with Crippen molar-refractivity contribution < 1.29 is 14.6 Å². The highest BCUT2D eigenvalue weighted by molar-refractivity contribution is 5.94. The van der Waals surface area contributed by atoms with E-state index < -0.39 is 6.10 Å². The number of carbonyl (C=O) groups excluding carboxylic acids is 1. The number of anilines is 1. The van der Waals surface area contributed by atoms with Gasteiger partial charge in [0.1, 0.15) is 18.5 Å². The van der Waals surface area contributed by atoms with Gasteiger partial charge in [0.15, 0.2) is 0 Å². The molecule has 1 atom stereocenters. The Balaban J connectivity index is 1.22. The van der Waals surface area contributed by atoms with Crippen molar-refractivity contribution in [3.63, 3.8) is 0 Å². The van der Waals surface area contributed by atoms with Crippen LogP contribution in [-0.2, 0) is 11.2 Å². The SMILES string of the molecule is O=C1CCc2c(cccc2OCC(O)CN2CCN(C3CCCCC3)CC2)N1. The summed E-state index contributed by atoms with van der Waals surface area (Å²) in [6, 6.07) is 6.50. The third-order valence-electron chi connectivity index (χ3n) is 6.41. The number of hydrogen-bond donors (Lipinski definition) is 2. The van der Waals surface area contributed by atoms with Crippen molar-refractivity contribution in [2.75, 3.05) is 44.6 Å². The lowest BCUT2D eigenvalue weighted by Gasteiger charge is -2.41. The van der Waals surface area contributed by atoms with E-state index in [-0.39, 0.29) is 12.5 Å². The first-order valence-corrected chi connectivity index (χ1v) is 10.9. The van der Waals surface area contributed by atoms with Gasteiger partial charge >= 0.3 is 0 Å². The maximum Gasteiger partial charge on any atom is 0.224 e. The van der Waals surface area contributed by atoms with E-state index in [1.54, 1.807) is 0 Å². The highest BCUT2D eigenvalue weighted by atomic mass is 16.5. The Morgan fingerprint density at radius 3 is 2.68 bits per heavy atom. The lowest BCUT2D eigenvalue weighted by molar-refractivity contribution is -0.116. The van der Waals surface area contributed by atoms with E-state index in [0.29, 0.717) is 19.4 Å². The van der Waals surface area contributed by atoms with Gasteiger partial charge in [-0.05, 0) is 31.4 Å². The Kier molecular flexibility index (Phi) is 6.50. The Morgan fingerprint density at radius 1 is 1.11 bits per heavy atom. The standard InChI is InChI=1S/C22H33N3O3/c26-18(15-24-11-13-25(14-12-24)17-5-2-1-3-6-17)16-28-21-8-4-7-20-19(21)9-10-22(27)23-20/h4,7-8,17-18,26H,1-3,5-6,9-16H2,(H,23,27). The van der Waals surface area contributed by atoms with Crippen LogP contribution >= 0.6 is 0 Å². The molecule has 1 unspecified atom stereocenters. The summed E-state index contributed by atoms with van der Waals surface area (Å²) in [5.41, 5.74) is 1.87. The summed E-state index contributed by atoms with van der Waals surface area (Å²) >= 11 is 0. The lowest BCUT2D eigenvalue weighted by Crippen LogP contribution is -2.52. The van der Waals surface area contributed by atoms with Crippen molar-refractivity contribution in [2.24, 2.45) is 0 Å². The number of hydrogen-bond acceptors (Lipinski definition) is 5. The number of benzene rings is 1. The molecule has 2 aliphatic heterocycles. The van der Waals surface area contributed by atoms with Crippen LogP contribution in [0, 0.1) is 0 Å². The maximum absolute atomic E-state index is 11.5. The summed E-state index contributed by atoms with van der Waals surface area (Å²) in [6.07, 6.45) is 7.56. The zero-order valence-electron chi connectivity index (χ0n) is 16.7. The first kappa shape index (κ1) is 19.7. The molecule has 1 amide bonds. The van der Waals surface area contributed by atoms with Gasteiger partial charge in [0.25, 0.3) is 0 Å². The van der Waals surface area contributed by atoms with Gasteiger partial charge in [0.05, 0.1) is 0 Å². The molecule has 2 heterocycles. The van der Waals surface area contributed by atoms with Gasteiger partial charge in [0, 0.05) is 56.4 Å². The first-order chi connectivity index (χ1) is 13.7. The summed E-state index contributed by atoms with van der Waals surface area (Å²) in [5.74, 6) is 0.829. The average Bonchev–Trinajstić information content (AvgIpc) is 2.73. The highest BCUT2D eigenvalue weighted by Gasteiger charge is 2.26. The summed E-state index contributed by atoms with van der Waals surface area (Å²) in [6.45, 7) is 5.23. The third-order valence-corrected chi connectivity index (χ3v) is 6.41. The number of aliphatic hydroxyl groups excluding tert-OH is 1. The van der Waals surface area contributed by atoms with E-state index in [9.17, 15) is 9.90 Å². The Hall–Kier alpha value is -1.63. The second kappa shape index (κ2) is 9.25. The molecule has 6 nitrogen and oxygen atoms in total. The fourth-order valence-corrected chi connectivity index (χ4v) is 4.82. The summed E-state index contributed by atoms with van der Waals surface area (Å²) < 4.78 is 5.92. The molecule has 1 aliphatic carbocycles. The molecule has 1 saturated carbocycles. The monoisotopic (exact) mass is 387 g/mol. The molecule has 2 N–H and O–H groups in total. The molecular formula is C22H33N3O3. The number of fused-ring (bicyclic) bond motifs is 1. The van der Waals surface area contributed by atoms with Crippen molar-refractivity contribution in [3.8, 4) is 5.75 Å². The maximum atomic E-state index is 11.5. The van der Waals surface area contributed by atoms with Gasteiger partial charge in [-0.15, -0.1) is 0 Å². The largest absolute Gasteiger partial charge is 0.490 e. The smallest absolute Gasteiger partial charge is 0.224 e. The minimum Gasteiger partial charge on any atom is -0.490 e. The Labute approximate surface area is 167 Å². The normalized spacial score (nSPS) is 23.1. The molecule has 1 aromatic carbocycles. The molecular weight excluding hydrogens is 354 g/mol. The van der Waals surface area contributed by atoms with E-state index in [4.69, 9.17) is 4.74 Å². The summed E-state index contributed by atoms with van der Waals surface area (Å²) in [4.78, 5) is 16.6. The van der Waals surface area contributed by atoms with Crippen LogP contribution in [0.4, 0.5) is 5.69 Å². The van der Waals surface area contributed by atoms with Crippen LogP contribution in [0.3, 0.4) is 0 Å². The number of rotatable bonds is 6. The van der Waals surface area contributed by atoms with Crippen molar-refractivity contribution in [1.29, 1.82) is 0 Å². The number of aliphatic hydroxyl groups is 1. The van der Waals surface area contributed by atoms with E-state index >= 15 is 0 Å². The fraction of sp³-hybridized carbons (Fsp3) is 0.682. The highest BCUT2D eigenvalue weighted by Crippen LogP contribution is 2.31. The van der Waals surface area contributed by atoms with Crippen LogP contribution in [0.5, 0.6) is 5.75 Å². The third kappa shape index (κ3) is 4.85. The molecule has 0 radical (unpaired) electrons. The van der Waals surface area contributed by atoms with Crippen LogP contribution in [-0.4, -0.2) is 72.3 Å².